The van der Waals surface area contributed by atoms with Crippen LogP contribution in [0.15, 0.2) is 60.9 Å². The third-order valence-corrected chi connectivity index (χ3v) is 5.89. The average molecular weight is 464 g/mol. The fourth-order valence-corrected chi connectivity index (χ4v) is 4.44. The molecule has 0 saturated carbocycles. The number of hydrogen-bond donors (Lipinski definition) is 3. The number of ether oxygens (including phenoxy) is 1. The van der Waals surface area contributed by atoms with E-state index in [0.717, 1.165) is 16.7 Å². The first kappa shape index (κ1) is 23.2. The molecule has 4 rings (SSSR count). The molecule has 2 atom stereocenters. The molecule has 7 nitrogen and oxygen atoms in total. The fraction of sp³-hybridized carbons (Fsp3) is 0.269. The molecule has 1 aromatic heterocycles. The molecule has 34 heavy (non-hydrogen) atoms. The highest BCUT2D eigenvalue weighted by atomic mass is 19.1. The summed E-state index contributed by atoms with van der Waals surface area (Å²) < 4.78 is 19.3. The Bertz CT molecular complexity index is 1220. The second kappa shape index (κ2) is 9.13. The molecule has 2 heterocycles. The summed E-state index contributed by atoms with van der Waals surface area (Å²) in [6.45, 7) is 6.06. The Hall–Kier alpha value is -3.94. The summed E-state index contributed by atoms with van der Waals surface area (Å²) >= 11 is 0. The van der Waals surface area contributed by atoms with E-state index in [2.05, 4.69) is 15.6 Å². The molecular formula is C26H26FN3O4. The molecule has 1 aliphatic rings. The van der Waals surface area contributed by atoms with E-state index in [-0.39, 0.29) is 0 Å². The smallest absolute Gasteiger partial charge is 0.405 e. The largest absolute Gasteiger partial charge is 0.487 e. The SMILES string of the molecule is CC(C)(C)C(c1ccc(F)cc1)C(NC(=O)O)C(=O)Nc1ccc2c(c1)COc1cnccc1-2. The summed E-state index contributed by atoms with van der Waals surface area (Å²) in [6, 6.07) is 12.0. The van der Waals surface area contributed by atoms with Gasteiger partial charge in [0.2, 0.25) is 5.91 Å². The zero-order valence-electron chi connectivity index (χ0n) is 19.1. The number of benzene rings is 2. The number of nitrogens with zero attached hydrogens (tertiary/aromatic N) is 1. The Labute approximate surface area is 197 Å². The van der Waals surface area contributed by atoms with Crippen molar-refractivity contribution in [3.63, 3.8) is 0 Å². The van der Waals surface area contributed by atoms with Gasteiger partial charge in [0.25, 0.3) is 0 Å². The molecule has 0 spiro atoms. The molecule has 3 N–H and O–H groups in total. The Morgan fingerprint density at radius 1 is 1.09 bits per heavy atom. The summed E-state index contributed by atoms with van der Waals surface area (Å²) in [6.07, 6.45) is 2.04. The van der Waals surface area contributed by atoms with Crippen LogP contribution >= 0.6 is 0 Å². The van der Waals surface area contributed by atoms with Gasteiger partial charge in [0.15, 0.2) is 0 Å². The van der Waals surface area contributed by atoms with Gasteiger partial charge in [-0.1, -0.05) is 39.0 Å². The van der Waals surface area contributed by atoms with Crippen molar-refractivity contribution in [1.82, 2.24) is 10.3 Å². The van der Waals surface area contributed by atoms with Gasteiger partial charge in [-0.3, -0.25) is 9.78 Å². The number of nitrogens with one attached hydrogen (secondary N) is 2. The summed E-state index contributed by atoms with van der Waals surface area (Å²) in [4.78, 5) is 29.1. The lowest BCUT2D eigenvalue weighted by molar-refractivity contribution is -0.119. The molecule has 0 saturated heterocycles. The first-order valence-corrected chi connectivity index (χ1v) is 10.9. The van der Waals surface area contributed by atoms with Crippen LogP contribution in [0.2, 0.25) is 0 Å². The summed E-state index contributed by atoms with van der Waals surface area (Å²) in [5.41, 5.74) is 3.47. The van der Waals surface area contributed by atoms with Crippen molar-refractivity contribution in [2.24, 2.45) is 5.41 Å². The second-order valence-electron chi connectivity index (χ2n) is 9.34. The van der Waals surface area contributed by atoms with Crippen molar-refractivity contribution in [2.75, 3.05) is 5.32 Å². The number of amides is 2. The first-order chi connectivity index (χ1) is 16.1. The van der Waals surface area contributed by atoms with Crippen molar-refractivity contribution in [3.8, 4) is 16.9 Å². The van der Waals surface area contributed by atoms with Gasteiger partial charge in [-0.05, 0) is 52.4 Å². The topological polar surface area (TPSA) is 101 Å². The van der Waals surface area contributed by atoms with Crippen LogP contribution in [-0.4, -0.2) is 28.1 Å². The van der Waals surface area contributed by atoms with E-state index >= 15 is 0 Å². The zero-order valence-corrected chi connectivity index (χ0v) is 19.1. The third-order valence-electron chi connectivity index (χ3n) is 5.89. The summed E-state index contributed by atoms with van der Waals surface area (Å²) in [7, 11) is 0. The standard InChI is InChI=1S/C26H26FN3O4/c1-26(2,3)22(15-4-6-17(27)7-5-15)23(30-25(32)33)24(31)29-18-8-9-19-16(12-18)14-34-21-13-28-11-10-20(19)21/h4-13,22-23,30H,14H2,1-3H3,(H,29,31)(H,32,33). The molecule has 1 aliphatic heterocycles. The van der Waals surface area contributed by atoms with Crippen molar-refractivity contribution in [1.29, 1.82) is 0 Å². The number of anilines is 1. The Balaban J connectivity index is 1.64. The minimum Gasteiger partial charge on any atom is -0.487 e. The van der Waals surface area contributed by atoms with E-state index in [0.29, 0.717) is 23.6 Å². The predicted octanol–water partition coefficient (Wildman–Crippen LogP) is 5.18. The lowest BCUT2D eigenvalue weighted by Gasteiger charge is -2.36. The maximum absolute atomic E-state index is 13.5. The fourth-order valence-electron chi connectivity index (χ4n) is 4.44. The maximum atomic E-state index is 13.5. The van der Waals surface area contributed by atoms with Crippen molar-refractivity contribution in [2.45, 2.75) is 39.3 Å². The van der Waals surface area contributed by atoms with Crippen molar-refractivity contribution < 1.29 is 23.8 Å². The monoisotopic (exact) mass is 463 g/mol. The van der Waals surface area contributed by atoms with E-state index in [1.54, 1.807) is 30.6 Å². The van der Waals surface area contributed by atoms with Gasteiger partial charge in [-0.25, -0.2) is 9.18 Å². The van der Waals surface area contributed by atoms with Crippen LogP contribution in [0.4, 0.5) is 14.9 Å². The van der Waals surface area contributed by atoms with Crippen LogP contribution < -0.4 is 15.4 Å². The van der Waals surface area contributed by atoms with Crippen LogP contribution in [0.5, 0.6) is 5.75 Å². The molecule has 2 aromatic carbocycles. The number of aromatic nitrogens is 1. The molecule has 8 heteroatoms. The number of hydrogen-bond acceptors (Lipinski definition) is 4. The number of rotatable bonds is 5. The molecule has 0 radical (unpaired) electrons. The van der Waals surface area contributed by atoms with Gasteiger partial charge in [-0.15, -0.1) is 0 Å². The van der Waals surface area contributed by atoms with E-state index in [9.17, 15) is 19.1 Å². The average Bonchev–Trinajstić information content (AvgIpc) is 2.78. The number of carbonyl (C=O) groups is 2. The number of carboxylic acid groups (broad SMARTS) is 1. The van der Waals surface area contributed by atoms with Crippen LogP contribution in [0.1, 0.15) is 37.8 Å². The van der Waals surface area contributed by atoms with Gasteiger partial charge < -0.3 is 20.5 Å². The molecule has 0 fully saturated rings. The number of fused-ring (bicyclic) bond motifs is 3. The van der Waals surface area contributed by atoms with Crippen LogP contribution in [0.3, 0.4) is 0 Å². The van der Waals surface area contributed by atoms with Crippen molar-refractivity contribution in [3.05, 3.63) is 77.9 Å². The van der Waals surface area contributed by atoms with Crippen LogP contribution in [0.25, 0.3) is 11.1 Å². The van der Waals surface area contributed by atoms with Gasteiger partial charge in [-0.2, -0.15) is 0 Å². The van der Waals surface area contributed by atoms with Crippen LogP contribution in [0, 0.1) is 11.2 Å². The molecule has 176 valence electrons. The van der Waals surface area contributed by atoms with Crippen LogP contribution in [-0.2, 0) is 11.4 Å². The first-order valence-electron chi connectivity index (χ1n) is 10.9. The Morgan fingerprint density at radius 3 is 2.50 bits per heavy atom. The van der Waals surface area contributed by atoms with E-state index in [1.165, 1.54) is 12.1 Å². The highest BCUT2D eigenvalue weighted by Gasteiger charge is 2.39. The molecule has 2 amide bonds. The van der Waals surface area contributed by atoms with E-state index in [1.807, 2.05) is 39.0 Å². The minimum absolute atomic E-state index is 0.328. The minimum atomic E-state index is -1.32. The van der Waals surface area contributed by atoms with E-state index in [4.69, 9.17) is 4.74 Å². The lowest BCUT2D eigenvalue weighted by atomic mass is 9.72. The summed E-state index contributed by atoms with van der Waals surface area (Å²) in [5.74, 6) is -0.764. The molecule has 0 bridgehead atoms. The zero-order chi connectivity index (χ0) is 24.5. The Morgan fingerprint density at radius 2 is 1.82 bits per heavy atom. The predicted molar refractivity (Wildman–Crippen MR) is 126 cm³/mol. The van der Waals surface area contributed by atoms with Gasteiger partial charge in [0.05, 0.1) is 6.20 Å². The van der Waals surface area contributed by atoms with E-state index < -0.39 is 35.2 Å². The Kier molecular flexibility index (Phi) is 6.24. The number of halogens is 1. The number of pyridine rings is 1. The molecule has 3 aromatic rings. The quantitative estimate of drug-likeness (QED) is 0.484. The second-order valence-corrected chi connectivity index (χ2v) is 9.34. The normalized spacial score (nSPS) is 14.1. The maximum Gasteiger partial charge on any atom is 0.405 e. The highest BCUT2D eigenvalue weighted by molar-refractivity contribution is 5.97. The van der Waals surface area contributed by atoms with Gasteiger partial charge in [0, 0.05) is 23.4 Å². The molecule has 0 aliphatic carbocycles. The number of carbonyl (C=O) groups excluding carboxylic acids is 1. The molecule has 2 unspecified atom stereocenters. The van der Waals surface area contributed by atoms with Crippen molar-refractivity contribution >= 4 is 17.7 Å². The molecular weight excluding hydrogens is 437 g/mol. The third kappa shape index (κ3) is 4.85. The lowest BCUT2D eigenvalue weighted by Crippen LogP contribution is -2.50. The highest BCUT2D eigenvalue weighted by Crippen LogP contribution is 2.40. The summed E-state index contributed by atoms with van der Waals surface area (Å²) in [5, 5.41) is 14.7. The van der Waals surface area contributed by atoms with Gasteiger partial charge >= 0.3 is 6.09 Å². The van der Waals surface area contributed by atoms with Gasteiger partial charge in [0.1, 0.15) is 24.2 Å².